The van der Waals surface area contributed by atoms with E-state index in [1.54, 1.807) is 48.5 Å². The number of ether oxygens (including phenoxy) is 1. The first kappa shape index (κ1) is 12.9. The molecule has 0 fully saturated rings. The monoisotopic (exact) mass is 260 g/mol. The Morgan fingerprint density at radius 3 is 2.63 bits per heavy atom. The molecule has 0 atom stereocenters. The van der Waals surface area contributed by atoms with E-state index in [0.29, 0.717) is 0 Å². The summed E-state index contributed by atoms with van der Waals surface area (Å²) < 4.78 is 6.72. The van der Waals surface area contributed by atoms with Crippen molar-refractivity contribution in [3.05, 3.63) is 36.7 Å². The number of nitrogens with one attached hydrogen (secondary N) is 2. The lowest BCUT2D eigenvalue weighted by molar-refractivity contribution is -0.114. The van der Waals surface area contributed by atoms with E-state index >= 15 is 0 Å². The first-order valence-electron chi connectivity index (χ1n) is 5.84. The fourth-order valence-electron chi connectivity index (χ4n) is 1.57. The summed E-state index contributed by atoms with van der Waals surface area (Å²) in [5.41, 5.74) is 1.55. The van der Waals surface area contributed by atoms with Crippen LogP contribution in [0.2, 0.25) is 0 Å². The number of benzene rings is 1. The highest BCUT2D eigenvalue weighted by Crippen LogP contribution is 2.14. The minimum absolute atomic E-state index is 0.117. The number of hydrogen-bond acceptors (Lipinski definition) is 4. The van der Waals surface area contributed by atoms with Crippen molar-refractivity contribution < 1.29 is 9.53 Å². The van der Waals surface area contributed by atoms with E-state index in [1.807, 2.05) is 7.05 Å². The summed E-state index contributed by atoms with van der Waals surface area (Å²) in [4.78, 5) is 11.7. The van der Waals surface area contributed by atoms with Gasteiger partial charge < -0.3 is 15.4 Å². The number of methoxy groups -OCH3 is 1. The smallest absolute Gasteiger partial charge is 0.243 e. The van der Waals surface area contributed by atoms with Crippen molar-refractivity contribution in [1.29, 1.82) is 0 Å². The van der Waals surface area contributed by atoms with Crippen molar-refractivity contribution in [3.8, 4) is 5.75 Å². The number of carbonyl (C=O) groups excluding carboxylic acids is 1. The van der Waals surface area contributed by atoms with Crippen LogP contribution in [0.3, 0.4) is 0 Å². The molecule has 0 aliphatic rings. The van der Waals surface area contributed by atoms with Gasteiger partial charge in [0.2, 0.25) is 5.91 Å². The maximum Gasteiger partial charge on any atom is 0.243 e. The molecule has 0 radical (unpaired) electrons. The van der Waals surface area contributed by atoms with Gasteiger partial charge in [0, 0.05) is 18.9 Å². The number of aromatic nitrogens is 2. The minimum atomic E-state index is -0.117. The molecule has 0 saturated carbocycles. The van der Waals surface area contributed by atoms with Gasteiger partial charge in [-0.3, -0.25) is 9.48 Å². The van der Waals surface area contributed by atoms with Crippen LogP contribution >= 0.6 is 0 Å². The van der Waals surface area contributed by atoms with E-state index in [2.05, 4.69) is 15.7 Å². The standard InChI is InChI=1S/C13H16N4O2/c1-17-9-11(7-15-17)14-8-13(18)16-10-3-5-12(19-2)6-4-10/h3-7,9,14H,8H2,1-2H3,(H,16,18). The molecule has 1 aromatic carbocycles. The van der Waals surface area contributed by atoms with Crippen LogP contribution < -0.4 is 15.4 Å². The van der Waals surface area contributed by atoms with E-state index in [4.69, 9.17) is 4.74 Å². The summed E-state index contributed by atoms with van der Waals surface area (Å²) in [5.74, 6) is 0.639. The average molecular weight is 260 g/mol. The van der Waals surface area contributed by atoms with Crippen molar-refractivity contribution in [2.45, 2.75) is 0 Å². The molecule has 2 rings (SSSR count). The Bertz CT molecular complexity index is 548. The number of carbonyl (C=O) groups is 1. The van der Waals surface area contributed by atoms with Crippen molar-refractivity contribution in [3.63, 3.8) is 0 Å². The molecular weight excluding hydrogens is 244 g/mol. The van der Waals surface area contributed by atoms with E-state index in [9.17, 15) is 4.79 Å². The van der Waals surface area contributed by atoms with Gasteiger partial charge in [-0.2, -0.15) is 5.10 Å². The van der Waals surface area contributed by atoms with Gasteiger partial charge in [-0.05, 0) is 24.3 Å². The molecule has 0 unspecified atom stereocenters. The third kappa shape index (κ3) is 3.74. The van der Waals surface area contributed by atoms with Crippen LogP contribution in [0, 0.1) is 0 Å². The Morgan fingerprint density at radius 2 is 2.05 bits per heavy atom. The highest BCUT2D eigenvalue weighted by molar-refractivity contribution is 5.93. The van der Waals surface area contributed by atoms with Crippen molar-refractivity contribution in [2.75, 3.05) is 24.3 Å². The molecule has 100 valence electrons. The highest BCUT2D eigenvalue weighted by Gasteiger charge is 2.03. The van der Waals surface area contributed by atoms with Crippen molar-refractivity contribution in [2.24, 2.45) is 7.05 Å². The Hall–Kier alpha value is -2.50. The zero-order valence-corrected chi connectivity index (χ0v) is 10.9. The maximum atomic E-state index is 11.7. The number of anilines is 2. The predicted molar refractivity (Wildman–Crippen MR) is 73.3 cm³/mol. The van der Waals surface area contributed by atoms with Gasteiger partial charge in [0.1, 0.15) is 5.75 Å². The largest absolute Gasteiger partial charge is 0.497 e. The van der Waals surface area contributed by atoms with E-state index in [-0.39, 0.29) is 12.5 Å². The molecule has 2 aromatic rings. The summed E-state index contributed by atoms with van der Waals surface area (Å²) in [5, 5.41) is 9.78. The van der Waals surface area contributed by atoms with Crippen molar-refractivity contribution in [1.82, 2.24) is 9.78 Å². The lowest BCUT2D eigenvalue weighted by atomic mass is 10.3. The van der Waals surface area contributed by atoms with Crippen LogP contribution in [0.5, 0.6) is 5.75 Å². The Labute approximate surface area is 111 Å². The van der Waals surface area contributed by atoms with Crippen LogP contribution in [-0.4, -0.2) is 29.3 Å². The van der Waals surface area contributed by atoms with Gasteiger partial charge in [0.15, 0.2) is 0 Å². The molecule has 2 N–H and O–H groups in total. The second-order valence-corrected chi connectivity index (χ2v) is 4.03. The number of amides is 1. The molecule has 0 spiro atoms. The lowest BCUT2D eigenvalue weighted by Crippen LogP contribution is -2.21. The van der Waals surface area contributed by atoms with Gasteiger partial charge in [0.25, 0.3) is 0 Å². The van der Waals surface area contributed by atoms with E-state index < -0.39 is 0 Å². The zero-order valence-electron chi connectivity index (χ0n) is 10.9. The van der Waals surface area contributed by atoms with E-state index in [1.165, 1.54) is 0 Å². The molecule has 1 heterocycles. The highest BCUT2D eigenvalue weighted by atomic mass is 16.5. The average Bonchev–Trinajstić information content (AvgIpc) is 2.83. The molecule has 6 nitrogen and oxygen atoms in total. The fraction of sp³-hybridized carbons (Fsp3) is 0.231. The summed E-state index contributed by atoms with van der Waals surface area (Å²) in [7, 11) is 3.42. The van der Waals surface area contributed by atoms with Gasteiger partial charge in [0.05, 0.1) is 25.5 Å². The normalized spacial score (nSPS) is 10.0. The van der Waals surface area contributed by atoms with Crippen LogP contribution in [0.1, 0.15) is 0 Å². The van der Waals surface area contributed by atoms with E-state index in [0.717, 1.165) is 17.1 Å². The Morgan fingerprint density at radius 1 is 1.32 bits per heavy atom. The van der Waals surface area contributed by atoms with Crippen LogP contribution in [-0.2, 0) is 11.8 Å². The summed E-state index contributed by atoms with van der Waals surface area (Å²) in [6.45, 7) is 0.192. The molecular formula is C13H16N4O2. The SMILES string of the molecule is COc1ccc(NC(=O)CNc2cnn(C)c2)cc1. The third-order valence-electron chi connectivity index (χ3n) is 2.53. The molecule has 19 heavy (non-hydrogen) atoms. The Balaban J connectivity index is 1.83. The van der Waals surface area contributed by atoms with Gasteiger partial charge >= 0.3 is 0 Å². The number of aryl methyl sites for hydroxylation is 1. The predicted octanol–water partition coefficient (Wildman–Crippen LogP) is 1.48. The number of hydrogen-bond donors (Lipinski definition) is 2. The van der Waals surface area contributed by atoms with Gasteiger partial charge in [-0.15, -0.1) is 0 Å². The summed E-state index contributed by atoms with van der Waals surface area (Å²) in [6.07, 6.45) is 3.47. The first-order valence-corrected chi connectivity index (χ1v) is 5.84. The molecule has 0 saturated heterocycles. The molecule has 1 aromatic heterocycles. The number of rotatable bonds is 5. The Kier molecular flexibility index (Phi) is 4.02. The summed E-state index contributed by atoms with van der Waals surface area (Å²) >= 11 is 0. The third-order valence-corrected chi connectivity index (χ3v) is 2.53. The minimum Gasteiger partial charge on any atom is -0.497 e. The second-order valence-electron chi connectivity index (χ2n) is 4.03. The summed E-state index contributed by atoms with van der Waals surface area (Å²) in [6, 6.07) is 7.18. The maximum absolute atomic E-state index is 11.7. The van der Waals surface area contributed by atoms with Crippen LogP contribution in [0.4, 0.5) is 11.4 Å². The van der Waals surface area contributed by atoms with Crippen LogP contribution in [0.25, 0.3) is 0 Å². The fourth-order valence-corrected chi connectivity index (χ4v) is 1.57. The lowest BCUT2D eigenvalue weighted by Gasteiger charge is -2.07. The quantitative estimate of drug-likeness (QED) is 0.854. The first-order chi connectivity index (χ1) is 9.17. The topological polar surface area (TPSA) is 68.2 Å². The second kappa shape index (κ2) is 5.90. The molecule has 0 aliphatic heterocycles. The number of nitrogens with zero attached hydrogens (tertiary/aromatic N) is 2. The van der Waals surface area contributed by atoms with Crippen LogP contribution in [0.15, 0.2) is 36.7 Å². The van der Waals surface area contributed by atoms with Crippen molar-refractivity contribution >= 4 is 17.3 Å². The molecule has 1 amide bonds. The van der Waals surface area contributed by atoms with Gasteiger partial charge in [-0.1, -0.05) is 0 Å². The van der Waals surface area contributed by atoms with Gasteiger partial charge in [-0.25, -0.2) is 0 Å². The molecule has 6 heteroatoms. The molecule has 0 bridgehead atoms. The zero-order chi connectivity index (χ0) is 13.7. The molecule has 0 aliphatic carbocycles.